The fourth-order valence-corrected chi connectivity index (χ4v) is 3.86. The van der Waals surface area contributed by atoms with Crippen molar-refractivity contribution in [2.45, 2.75) is 51.3 Å². The van der Waals surface area contributed by atoms with E-state index in [9.17, 15) is 0 Å². The molecule has 2 rings (SSSR count). The van der Waals surface area contributed by atoms with Crippen LogP contribution in [0.2, 0.25) is 0 Å². The SMILES string of the molecule is CCC(c1nc(CCl)cs1)N1C[C@@H](C)O[C@@H](C)C1. The van der Waals surface area contributed by atoms with Crippen LogP contribution in [-0.2, 0) is 10.6 Å². The van der Waals surface area contributed by atoms with Crippen molar-refractivity contribution in [3.05, 3.63) is 16.1 Å². The largest absolute Gasteiger partial charge is 0.373 e. The van der Waals surface area contributed by atoms with E-state index in [1.54, 1.807) is 11.3 Å². The van der Waals surface area contributed by atoms with Gasteiger partial charge in [0.15, 0.2) is 0 Å². The molecule has 0 radical (unpaired) electrons. The molecule has 0 aliphatic carbocycles. The minimum Gasteiger partial charge on any atom is -0.373 e. The number of nitrogens with zero attached hydrogens (tertiary/aromatic N) is 2. The molecule has 18 heavy (non-hydrogen) atoms. The van der Waals surface area contributed by atoms with Gasteiger partial charge in [-0.2, -0.15) is 0 Å². The first-order valence-corrected chi connectivity index (χ1v) is 7.95. The molecule has 0 spiro atoms. The van der Waals surface area contributed by atoms with Gasteiger partial charge in [-0.3, -0.25) is 4.90 Å². The Morgan fingerprint density at radius 3 is 2.67 bits per heavy atom. The zero-order valence-electron chi connectivity index (χ0n) is 11.2. The predicted molar refractivity (Wildman–Crippen MR) is 76.3 cm³/mol. The number of rotatable bonds is 4. The molecule has 0 bridgehead atoms. The Morgan fingerprint density at radius 2 is 2.17 bits per heavy atom. The number of thiazole rings is 1. The second kappa shape index (κ2) is 6.33. The summed E-state index contributed by atoms with van der Waals surface area (Å²) in [5, 5.41) is 3.26. The fraction of sp³-hybridized carbons (Fsp3) is 0.769. The Hall–Kier alpha value is -0.160. The van der Waals surface area contributed by atoms with Crippen LogP contribution in [0.5, 0.6) is 0 Å². The average molecular weight is 289 g/mol. The van der Waals surface area contributed by atoms with Gasteiger partial charge in [0.2, 0.25) is 0 Å². The van der Waals surface area contributed by atoms with E-state index in [4.69, 9.17) is 16.3 Å². The third-order valence-corrected chi connectivity index (χ3v) is 4.54. The molecule has 1 unspecified atom stereocenters. The lowest BCUT2D eigenvalue weighted by Crippen LogP contribution is -2.46. The molecule has 1 aliphatic heterocycles. The van der Waals surface area contributed by atoms with Crippen LogP contribution in [0.15, 0.2) is 5.38 Å². The summed E-state index contributed by atoms with van der Waals surface area (Å²) in [5.41, 5.74) is 0.990. The van der Waals surface area contributed by atoms with Crippen LogP contribution in [-0.4, -0.2) is 35.2 Å². The molecular formula is C13H21ClN2OS. The minimum absolute atomic E-state index is 0.301. The predicted octanol–water partition coefficient (Wildman–Crippen LogP) is 3.44. The van der Waals surface area contributed by atoms with E-state index in [1.807, 2.05) is 0 Å². The highest BCUT2D eigenvalue weighted by Gasteiger charge is 2.29. The summed E-state index contributed by atoms with van der Waals surface area (Å²) in [6.07, 6.45) is 1.68. The molecular weight excluding hydrogens is 268 g/mol. The maximum absolute atomic E-state index is 5.83. The van der Waals surface area contributed by atoms with Gasteiger partial charge in [0, 0.05) is 18.5 Å². The van der Waals surface area contributed by atoms with Crippen LogP contribution >= 0.6 is 22.9 Å². The second-order valence-electron chi connectivity index (χ2n) is 4.95. The number of hydrogen-bond donors (Lipinski definition) is 0. The Kier molecular flexibility index (Phi) is 5.01. The van der Waals surface area contributed by atoms with E-state index in [2.05, 4.69) is 36.0 Å². The van der Waals surface area contributed by atoms with Crippen molar-refractivity contribution in [3.63, 3.8) is 0 Å². The highest BCUT2D eigenvalue weighted by atomic mass is 35.5. The lowest BCUT2D eigenvalue weighted by atomic mass is 10.1. The normalized spacial score (nSPS) is 27.3. The van der Waals surface area contributed by atoms with E-state index in [0.717, 1.165) is 25.2 Å². The molecule has 1 aromatic heterocycles. The van der Waals surface area contributed by atoms with Crippen molar-refractivity contribution in [2.75, 3.05) is 13.1 Å². The molecule has 1 fully saturated rings. The number of aromatic nitrogens is 1. The monoisotopic (exact) mass is 288 g/mol. The van der Waals surface area contributed by atoms with Gasteiger partial charge in [0.25, 0.3) is 0 Å². The number of morpholine rings is 1. The average Bonchev–Trinajstić information content (AvgIpc) is 2.77. The minimum atomic E-state index is 0.301. The van der Waals surface area contributed by atoms with Crippen molar-refractivity contribution in [1.82, 2.24) is 9.88 Å². The van der Waals surface area contributed by atoms with Gasteiger partial charge in [-0.05, 0) is 20.3 Å². The molecule has 0 aromatic carbocycles. The van der Waals surface area contributed by atoms with E-state index in [1.165, 1.54) is 5.01 Å². The van der Waals surface area contributed by atoms with Crippen LogP contribution in [0.4, 0.5) is 0 Å². The summed E-state index contributed by atoms with van der Waals surface area (Å²) >= 11 is 7.56. The van der Waals surface area contributed by atoms with Crippen LogP contribution in [0.3, 0.4) is 0 Å². The molecule has 0 N–H and O–H groups in total. The highest BCUT2D eigenvalue weighted by molar-refractivity contribution is 7.09. The van der Waals surface area contributed by atoms with Crippen molar-refractivity contribution in [2.24, 2.45) is 0 Å². The standard InChI is InChI=1S/C13H21ClN2OS/c1-4-12(13-15-11(5-14)8-18-13)16-6-9(2)17-10(3)7-16/h8-10,12H,4-7H2,1-3H3/t9-,10+,12?. The van der Waals surface area contributed by atoms with Crippen molar-refractivity contribution in [1.29, 1.82) is 0 Å². The van der Waals surface area contributed by atoms with Crippen LogP contribution in [0.25, 0.3) is 0 Å². The first-order valence-electron chi connectivity index (χ1n) is 6.53. The van der Waals surface area contributed by atoms with E-state index >= 15 is 0 Å². The van der Waals surface area contributed by atoms with Gasteiger partial charge < -0.3 is 4.74 Å². The lowest BCUT2D eigenvalue weighted by Gasteiger charge is -2.39. The van der Waals surface area contributed by atoms with Crippen LogP contribution in [0, 0.1) is 0 Å². The molecule has 0 amide bonds. The van der Waals surface area contributed by atoms with Crippen LogP contribution in [0.1, 0.15) is 43.9 Å². The fourth-order valence-electron chi connectivity index (χ4n) is 2.60. The van der Waals surface area contributed by atoms with Gasteiger partial charge >= 0.3 is 0 Å². The van der Waals surface area contributed by atoms with Crippen molar-refractivity contribution in [3.8, 4) is 0 Å². The first-order chi connectivity index (χ1) is 8.63. The van der Waals surface area contributed by atoms with Gasteiger partial charge in [-0.25, -0.2) is 4.98 Å². The quantitative estimate of drug-likeness (QED) is 0.794. The zero-order valence-corrected chi connectivity index (χ0v) is 12.8. The lowest BCUT2D eigenvalue weighted by molar-refractivity contribution is -0.0814. The van der Waals surface area contributed by atoms with E-state index in [-0.39, 0.29) is 0 Å². The molecule has 3 nitrogen and oxygen atoms in total. The molecule has 1 aromatic rings. The molecule has 5 heteroatoms. The molecule has 0 saturated carbocycles. The smallest absolute Gasteiger partial charge is 0.110 e. The Balaban J connectivity index is 2.12. The third kappa shape index (κ3) is 3.23. The van der Waals surface area contributed by atoms with E-state index < -0.39 is 0 Å². The molecule has 2 heterocycles. The molecule has 1 saturated heterocycles. The summed E-state index contributed by atoms with van der Waals surface area (Å²) in [4.78, 5) is 7.12. The maximum Gasteiger partial charge on any atom is 0.110 e. The highest BCUT2D eigenvalue weighted by Crippen LogP contribution is 2.30. The Morgan fingerprint density at radius 1 is 1.50 bits per heavy atom. The van der Waals surface area contributed by atoms with E-state index in [0.29, 0.717) is 24.1 Å². The van der Waals surface area contributed by atoms with Gasteiger partial charge in [-0.1, -0.05) is 6.92 Å². The number of alkyl halides is 1. The summed E-state index contributed by atoms with van der Waals surface area (Å²) in [7, 11) is 0. The van der Waals surface area contributed by atoms with Crippen LogP contribution < -0.4 is 0 Å². The summed E-state index contributed by atoms with van der Waals surface area (Å²) in [6.45, 7) is 8.47. The van der Waals surface area contributed by atoms with Gasteiger partial charge in [0.05, 0.1) is 29.8 Å². The number of ether oxygens (including phenoxy) is 1. The maximum atomic E-state index is 5.83. The first kappa shape index (κ1) is 14.3. The second-order valence-corrected chi connectivity index (χ2v) is 6.10. The summed E-state index contributed by atoms with van der Waals surface area (Å²) in [5.74, 6) is 0.503. The summed E-state index contributed by atoms with van der Waals surface area (Å²) < 4.78 is 5.79. The number of halogens is 1. The molecule has 3 atom stereocenters. The summed E-state index contributed by atoms with van der Waals surface area (Å²) in [6, 6.07) is 0.403. The molecule has 1 aliphatic rings. The topological polar surface area (TPSA) is 25.4 Å². The van der Waals surface area contributed by atoms with Gasteiger partial charge in [-0.15, -0.1) is 22.9 Å². The zero-order chi connectivity index (χ0) is 13.1. The Bertz CT molecular complexity index is 375. The third-order valence-electron chi connectivity index (χ3n) is 3.27. The van der Waals surface area contributed by atoms with Crippen molar-refractivity contribution < 1.29 is 4.74 Å². The molecule has 102 valence electrons. The van der Waals surface area contributed by atoms with Crippen molar-refractivity contribution >= 4 is 22.9 Å². The van der Waals surface area contributed by atoms with Gasteiger partial charge in [0.1, 0.15) is 5.01 Å². The Labute approximate surface area is 118 Å². The number of hydrogen-bond acceptors (Lipinski definition) is 4.